The molecule has 104 valence electrons. The topological polar surface area (TPSA) is 38.7 Å². The van der Waals surface area contributed by atoms with Crippen molar-refractivity contribution in [2.24, 2.45) is 0 Å². The van der Waals surface area contributed by atoms with Crippen LogP contribution in [0.3, 0.4) is 0 Å². The van der Waals surface area contributed by atoms with Crippen LogP contribution in [-0.2, 0) is 20.3 Å². The molecule has 1 unspecified atom stereocenters. The van der Waals surface area contributed by atoms with Gasteiger partial charge in [0, 0.05) is 23.5 Å². The van der Waals surface area contributed by atoms with Crippen LogP contribution in [0.5, 0.6) is 0 Å². The molecule has 3 nitrogen and oxygen atoms in total. The van der Waals surface area contributed by atoms with Crippen molar-refractivity contribution >= 4 is 0 Å². The summed E-state index contributed by atoms with van der Waals surface area (Å²) in [5.74, 6) is 0. The second kappa shape index (κ2) is 3.81. The number of aliphatic hydroxyl groups excluding tert-OH is 1. The van der Waals surface area contributed by atoms with Gasteiger partial charge in [-0.1, -0.05) is 32.9 Å². The fourth-order valence-electron chi connectivity index (χ4n) is 3.93. The molecule has 3 heteroatoms. The van der Waals surface area contributed by atoms with E-state index in [1.807, 2.05) is 0 Å². The van der Waals surface area contributed by atoms with E-state index in [4.69, 9.17) is 9.47 Å². The Bertz CT molecular complexity index is 535. The van der Waals surface area contributed by atoms with Crippen molar-refractivity contribution in [1.29, 1.82) is 0 Å². The first kappa shape index (κ1) is 13.1. The highest BCUT2D eigenvalue weighted by atomic mass is 16.7. The Morgan fingerprint density at radius 3 is 2.63 bits per heavy atom. The Labute approximate surface area is 114 Å². The minimum Gasteiger partial charge on any atom is -0.391 e. The molecule has 3 rings (SSSR count). The van der Waals surface area contributed by atoms with Gasteiger partial charge in [0.1, 0.15) is 0 Å². The summed E-state index contributed by atoms with van der Waals surface area (Å²) in [6.45, 7) is 8.88. The summed E-state index contributed by atoms with van der Waals surface area (Å²) >= 11 is 0. The van der Waals surface area contributed by atoms with E-state index in [1.54, 1.807) is 7.11 Å². The number of hydrogen-bond donors (Lipinski definition) is 1. The molecule has 1 N–H and O–H groups in total. The normalized spacial score (nSPS) is 35.3. The number of rotatable bonds is 1. The van der Waals surface area contributed by atoms with Crippen molar-refractivity contribution in [2.75, 3.05) is 13.7 Å². The van der Waals surface area contributed by atoms with Crippen molar-refractivity contribution in [3.05, 3.63) is 34.4 Å². The fourth-order valence-corrected chi connectivity index (χ4v) is 3.93. The minimum absolute atomic E-state index is 0.251. The summed E-state index contributed by atoms with van der Waals surface area (Å²) in [6.07, 6.45) is -0.752. The first-order chi connectivity index (χ1) is 8.84. The van der Waals surface area contributed by atoms with Gasteiger partial charge in [-0.2, -0.15) is 0 Å². The van der Waals surface area contributed by atoms with Gasteiger partial charge in [0.25, 0.3) is 0 Å². The Kier molecular flexibility index (Phi) is 2.63. The first-order valence-corrected chi connectivity index (χ1v) is 6.81. The second-order valence-electron chi connectivity index (χ2n) is 6.64. The van der Waals surface area contributed by atoms with Gasteiger partial charge in [-0.05, 0) is 23.6 Å². The number of aryl methyl sites for hydroxylation is 1. The van der Waals surface area contributed by atoms with Crippen LogP contribution in [-0.4, -0.2) is 24.9 Å². The van der Waals surface area contributed by atoms with Crippen molar-refractivity contribution in [2.45, 2.75) is 50.9 Å². The molecule has 0 fully saturated rings. The molecule has 0 aromatic heterocycles. The van der Waals surface area contributed by atoms with E-state index in [2.05, 4.69) is 39.8 Å². The summed E-state index contributed by atoms with van der Waals surface area (Å²) in [7, 11) is 1.67. The van der Waals surface area contributed by atoms with E-state index >= 15 is 0 Å². The molecular weight excluding hydrogens is 240 g/mol. The van der Waals surface area contributed by atoms with Crippen molar-refractivity contribution in [3.8, 4) is 0 Å². The molecule has 0 spiro atoms. The number of aliphatic hydroxyl groups is 1. The lowest BCUT2D eigenvalue weighted by atomic mass is 9.75. The number of hydrogen-bond acceptors (Lipinski definition) is 3. The molecule has 0 saturated carbocycles. The Morgan fingerprint density at radius 1 is 1.32 bits per heavy atom. The smallest absolute Gasteiger partial charge is 0.184 e. The summed E-state index contributed by atoms with van der Waals surface area (Å²) in [4.78, 5) is 0. The third-order valence-corrected chi connectivity index (χ3v) is 5.00. The van der Waals surface area contributed by atoms with Gasteiger partial charge in [-0.25, -0.2) is 0 Å². The molecule has 1 aliphatic heterocycles. The van der Waals surface area contributed by atoms with Crippen LogP contribution in [0.25, 0.3) is 0 Å². The van der Waals surface area contributed by atoms with Gasteiger partial charge in [-0.15, -0.1) is 0 Å². The zero-order chi connectivity index (χ0) is 14.0. The third-order valence-electron chi connectivity index (χ3n) is 5.00. The highest BCUT2D eigenvalue weighted by molar-refractivity contribution is 5.56. The molecule has 2 aliphatic rings. The second-order valence-corrected chi connectivity index (χ2v) is 6.64. The molecule has 0 bridgehead atoms. The van der Waals surface area contributed by atoms with Crippen LogP contribution in [0.4, 0.5) is 0 Å². The highest BCUT2D eigenvalue weighted by Gasteiger charge is 2.57. The Morgan fingerprint density at radius 2 is 2.00 bits per heavy atom. The molecule has 0 radical (unpaired) electrons. The molecule has 0 saturated heterocycles. The van der Waals surface area contributed by atoms with Crippen LogP contribution < -0.4 is 0 Å². The highest BCUT2D eigenvalue weighted by Crippen LogP contribution is 2.55. The average Bonchev–Trinajstić information content (AvgIpc) is 2.53. The SMILES string of the molecule is COC1OC[C@]2(C)c3c(ccc(C)c31)C(C)(C)[C@H]2O. The van der Waals surface area contributed by atoms with Gasteiger partial charge in [-0.3, -0.25) is 0 Å². The van der Waals surface area contributed by atoms with Gasteiger partial charge < -0.3 is 14.6 Å². The summed E-state index contributed by atoms with van der Waals surface area (Å²) in [5.41, 5.74) is 4.16. The predicted octanol–water partition coefficient (Wildman–Crippen LogP) is 2.58. The van der Waals surface area contributed by atoms with E-state index in [0.717, 1.165) is 5.56 Å². The van der Waals surface area contributed by atoms with Crippen LogP contribution in [0.15, 0.2) is 12.1 Å². The van der Waals surface area contributed by atoms with E-state index in [9.17, 15) is 5.11 Å². The van der Waals surface area contributed by atoms with E-state index in [0.29, 0.717) is 6.61 Å². The monoisotopic (exact) mass is 262 g/mol. The molecule has 1 heterocycles. The molecule has 1 aromatic rings. The average molecular weight is 262 g/mol. The van der Waals surface area contributed by atoms with Crippen molar-refractivity contribution in [1.82, 2.24) is 0 Å². The molecule has 1 aromatic carbocycles. The minimum atomic E-state index is -0.437. The van der Waals surface area contributed by atoms with Gasteiger partial charge in [0.15, 0.2) is 6.29 Å². The van der Waals surface area contributed by atoms with Gasteiger partial charge >= 0.3 is 0 Å². The maximum absolute atomic E-state index is 10.8. The van der Waals surface area contributed by atoms with Crippen LogP contribution in [0.1, 0.15) is 49.3 Å². The van der Waals surface area contributed by atoms with E-state index in [-0.39, 0.29) is 17.1 Å². The zero-order valence-electron chi connectivity index (χ0n) is 12.3. The number of methoxy groups -OCH3 is 1. The van der Waals surface area contributed by atoms with Gasteiger partial charge in [0.2, 0.25) is 0 Å². The first-order valence-electron chi connectivity index (χ1n) is 6.81. The summed E-state index contributed by atoms with van der Waals surface area (Å²) in [5, 5.41) is 10.8. The number of benzene rings is 1. The van der Waals surface area contributed by atoms with Crippen LogP contribution >= 0.6 is 0 Å². The Hall–Kier alpha value is -0.900. The zero-order valence-corrected chi connectivity index (χ0v) is 12.3. The molecule has 3 atom stereocenters. The number of ether oxygens (including phenoxy) is 2. The van der Waals surface area contributed by atoms with Crippen molar-refractivity contribution < 1.29 is 14.6 Å². The lowest BCUT2D eigenvalue weighted by Gasteiger charge is -2.39. The Balaban J connectivity index is 2.35. The van der Waals surface area contributed by atoms with E-state index in [1.165, 1.54) is 16.7 Å². The predicted molar refractivity (Wildman–Crippen MR) is 73.3 cm³/mol. The largest absolute Gasteiger partial charge is 0.391 e. The fraction of sp³-hybridized carbons (Fsp3) is 0.625. The molecule has 19 heavy (non-hydrogen) atoms. The summed E-state index contributed by atoms with van der Waals surface area (Å²) in [6, 6.07) is 4.26. The lowest BCUT2D eigenvalue weighted by Crippen LogP contribution is -2.46. The van der Waals surface area contributed by atoms with E-state index < -0.39 is 6.10 Å². The maximum atomic E-state index is 10.8. The molecule has 0 amide bonds. The lowest BCUT2D eigenvalue weighted by molar-refractivity contribution is -0.161. The van der Waals surface area contributed by atoms with Crippen LogP contribution in [0, 0.1) is 6.92 Å². The molecule has 1 aliphatic carbocycles. The van der Waals surface area contributed by atoms with Crippen LogP contribution in [0.2, 0.25) is 0 Å². The third kappa shape index (κ3) is 1.44. The summed E-state index contributed by atoms with van der Waals surface area (Å²) < 4.78 is 11.3. The van der Waals surface area contributed by atoms with Crippen molar-refractivity contribution in [3.63, 3.8) is 0 Å². The van der Waals surface area contributed by atoms with Gasteiger partial charge in [0.05, 0.1) is 12.7 Å². The maximum Gasteiger partial charge on any atom is 0.184 e. The standard InChI is InChI=1S/C16H22O3/c1-9-6-7-10-12-11(9)13(18-5)19-8-16(12,4)14(17)15(10,2)3/h6-7,13-14,17H,8H2,1-5H3/t13?,14-,16-/m1/s1. The molecular formula is C16H22O3. The quantitative estimate of drug-likeness (QED) is 0.845.